The van der Waals surface area contributed by atoms with Gasteiger partial charge in [0.05, 0.1) is 16.1 Å². The second-order valence-corrected chi connectivity index (χ2v) is 6.27. The van der Waals surface area contributed by atoms with Crippen molar-refractivity contribution in [3.63, 3.8) is 0 Å². The van der Waals surface area contributed by atoms with E-state index in [4.69, 9.17) is 0 Å². The molecule has 86 valence electrons. The van der Waals surface area contributed by atoms with Crippen LogP contribution in [-0.2, 0) is 5.41 Å². The van der Waals surface area contributed by atoms with Crippen LogP contribution in [0, 0.1) is 0 Å². The van der Waals surface area contributed by atoms with Gasteiger partial charge in [0.2, 0.25) is 5.13 Å². The molecule has 0 bridgehead atoms. The Hall–Kier alpha value is -1.01. The standard InChI is InChI=1S/C10H14N4S2/c1-10(2,3)7-6(15-5-12-7)8-13-14-9(11-4)16-8/h5H,1-4H3,(H,11,14). The van der Waals surface area contributed by atoms with Crippen molar-refractivity contribution >= 4 is 27.8 Å². The molecule has 4 nitrogen and oxygen atoms in total. The summed E-state index contributed by atoms with van der Waals surface area (Å²) in [6.07, 6.45) is 0. The highest BCUT2D eigenvalue weighted by Crippen LogP contribution is 2.37. The van der Waals surface area contributed by atoms with Crippen LogP contribution >= 0.6 is 22.7 Å². The van der Waals surface area contributed by atoms with Gasteiger partial charge in [-0.2, -0.15) is 0 Å². The molecule has 0 atom stereocenters. The number of hydrogen-bond donors (Lipinski definition) is 1. The van der Waals surface area contributed by atoms with E-state index in [1.54, 1.807) is 22.7 Å². The lowest BCUT2D eigenvalue weighted by Gasteiger charge is -2.16. The highest BCUT2D eigenvalue weighted by molar-refractivity contribution is 7.22. The lowest BCUT2D eigenvalue weighted by molar-refractivity contribution is 0.574. The summed E-state index contributed by atoms with van der Waals surface area (Å²) in [6, 6.07) is 0. The topological polar surface area (TPSA) is 50.7 Å². The summed E-state index contributed by atoms with van der Waals surface area (Å²) in [4.78, 5) is 5.57. The third kappa shape index (κ3) is 2.08. The molecule has 2 heterocycles. The van der Waals surface area contributed by atoms with Crippen molar-refractivity contribution in [1.82, 2.24) is 15.2 Å². The lowest BCUT2D eigenvalue weighted by Crippen LogP contribution is -2.12. The molecule has 0 amide bonds. The van der Waals surface area contributed by atoms with Crippen molar-refractivity contribution < 1.29 is 0 Å². The zero-order valence-corrected chi connectivity index (χ0v) is 11.4. The van der Waals surface area contributed by atoms with E-state index in [9.17, 15) is 0 Å². The first-order valence-corrected chi connectivity index (χ1v) is 6.67. The number of nitrogens with zero attached hydrogens (tertiary/aromatic N) is 3. The number of rotatable bonds is 2. The summed E-state index contributed by atoms with van der Waals surface area (Å²) < 4.78 is 0. The second-order valence-electron chi connectivity index (χ2n) is 4.44. The van der Waals surface area contributed by atoms with Gasteiger partial charge in [0.15, 0.2) is 5.01 Å². The van der Waals surface area contributed by atoms with Crippen LogP contribution in [0.2, 0.25) is 0 Å². The quantitative estimate of drug-likeness (QED) is 0.895. The van der Waals surface area contributed by atoms with E-state index in [1.165, 1.54) is 0 Å². The Balaban J connectivity index is 2.44. The maximum Gasteiger partial charge on any atom is 0.205 e. The van der Waals surface area contributed by atoms with E-state index in [2.05, 4.69) is 41.3 Å². The van der Waals surface area contributed by atoms with Crippen LogP contribution < -0.4 is 5.32 Å². The molecule has 0 unspecified atom stereocenters. The Morgan fingerprint density at radius 1 is 1.25 bits per heavy atom. The van der Waals surface area contributed by atoms with Crippen LogP contribution in [0.1, 0.15) is 26.5 Å². The highest BCUT2D eigenvalue weighted by atomic mass is 32.1. The molecule has 0 radical (unpaired) electrons. The number of nitrogens with one attached hydrogen (secondary N) is 1. The molecule has 0 aliphatic rings. The monoisotopic (exact) mass is 254 g/mol. The second kappa shape index (κ2) is 4.10. The van der Waals surface area contributed by atoms with E-state index in [0.717, 1.165) is 20.7 Å². The summed E-state index contributed by atoms with van der Waals surface area (Å²) in [5, 5.41) is 13.0. The molecule has 16 heavy (non-hydrogen) atoms. The Morgan fingerprint density at radius 2 is 2.00 bits per heavy atom. The summed E-state index contributed by atoms with van der Waals surface area (Å²) in [5.74, 6) is 0. The number of anilines is 1. The normalized spacial score (nSPS) is 11.8. The van der Waals surface area contributed by atoms with Crippen molar-refractivity contribution in [3.05, 3.63) is 11.2 Å². The van der Waals surface area contributed by atoms with Gasteiger partial charge in [0.1, 0.15) is 0 Å². The van der Waals surface area contributed by atoms with Gasteiger partial charge in [0.25, 0.3) is 0 Å². The van der Waals surface area contributed by atoms with Crippen LogP contribution in [0.15, 0.2) is 5.51 Å². The predicted molar refractivity (Wildman–Crippen MR) is 69.3 cm³/mol. The molecule has 0 aromatic carbocycles. The molecular weight excluding hydrogens is 240 g/mol. The Morgan fingerprint density at radius 3 is 2.56 bits per heavy atom. The number of hydrogen-bond acceptors (Lipinski definition) is 6. The molecule has 6 heteroatoms. The average Bonchev–Trinajstić information content (AvgIpc) is 2.84. The third-order valence-electron chi connectivity index (χ3n) is 2.11. The Bertz CT molecular complexity index is 481. The molecule has 0 aliphatic carbocycles. The Kier molecular flexibility index (Phi) is 2.94. The van der Waals surface area contributed by atoms with Gasteiger partial charge >= 0.3 is 0 Å². The fraction of sp³-hybridized carbons (Fsp3) is 0.500. The molecule has 0 aliphatic heterocycles. The van der Waals surface area contributed by atoms with Gasteiger partial charge in [-0.25, -0.2) is 4.98 Å². The zero-order valence-electron chi connectivity index (χ0n) is 9.74. The predicted octanol–water partition coefficient (Wildman–Crippen LogP) is 3.00. The molecule has 0 fully saturated rings. The molecule has 2 aromatic heterocycles. The maximum absolute atomic E-state index is 4.44. The molecule has 0 saturated heterocycles. The van der Waals surface area contributed by atoms with Gasteiger partial charge < -0.3 is 5.32 Å². The summed E-state index contributed by atoms with van der Waals surface area (Å²) in [7, 11) is 1.85. The molecule has 0 saturated carbocycles. The summed E-state index contributed by atoms with van der Waals surface area (Å²) in [6.45, 7) is 6.47. The minimum atomic E-state index is 0.0425. The lowest BCUT2D eigenvalue weighted by atomic mass is 9.91. The van der Waals surface area contributed by atoms with E-state index in [1.807, 2.05) is 12.6 Å². The van der Waals surface area contributed by atoms with Gasteiger partial charge in [-0.1, -0.05) is 32.1 Å². The van der Waals surface area contributed by atoms with E-state index in [-0.39, 0.29) is 5.41 Å². The smallest absolute Gasteiger partial charge is 0.205 e. The first-order valence-electron chi connectivity index (χ1n) is 4.98. The van der Waals surface area contributed by atoms with Crippen LogP contribution in [0.25, 0.3) is 9.88 Å². The van der Waals surface area contributed by atoms with Gasteiger partial charge in [-0.3, -0.25) is 0 Å². The zero-order chi connectivity index (χ0) is 11.8. The number of aromatic nitrogens is 3. The van der Waals surface area contributed by atoms with E-state index < -0.39 is 0 Å². The molecule has 2 rings (SSSR count). The van der Waals surface area contributed by atoms with Gasteiger partial charge in [-0.05, 0) is 0 Å². The fourth-order valence-corrected chi connectivity index (χ4v) is 3.13. The average molecular weight is 254 g/mol. The molecule has 2 aromatic rings. The van der Waals surface area contributed by atoms with Crippen molar-refractivity contribution in [3.8, 4) is 9.88 Å². The van der Waals surface area contributed by atoms with Crippen LogP contribution in [-0.4, -0.2) is 22.2 Å². The summed E-state index contributed by atoms with van der Waals surface area (Å²) >= 11 is 3.18. The van der Waals surface area contributed by atoms with Crippen molar-refractivity contribution in [2.45, 2.75) is 26.2 Å². The largest absolute Gasteiger partial charge is 0.363 e. The fourth-order valence-electron chi connectivity index (χ4n) is 1.35. The van der Waals surface area contributed by atoms with E-state index in [0.29, 0.717) is 0 Å². The van der Waals surface area contributed by atoms with Gasteiger partial charge in [0, 0.05) is 12.5 Å². The minimum absolute atomic E-state index is 0.0425. The van der Waals surface area contributed by atoms with Crippen LogP contribution in [0.5, 0.6) is 0 Å². The molecular formula is C10H14N4S2. The van der Waals surface area contributed by atoms with E-state index >= 15 is 0 Å². The first kappa shape index (κ1) is 11.5. The minimum Gasteiger partial charge on any atom is -0.363 e. The Labute approximate surface area is 103 Å². The van der Waals surface area contributed by atoms with Crippen molar-refractivity contribution in [2.24, 2.45) is 0 Å². The third-order valence-corrected chi connectivity index (χ3v) is 4.03. The van der Waals surface area contributed by atoms with Gasteiger partial charge in [-0.15, -0.1) is 21.5 Å². The van der Waals surface area contributed by atoms with Crippen LogP contribution in [0.3, 0.4) is 0 Å². The first-order chi connectivity index (χ1) is 7.52. The molecule has 1 N–H and O–H groups in total. The SMILES string of the molecule is CNc1nnc(-c2scnc2C(C)(C)C)s1. The maximum atomic E-state index is 4.44. The van der Waals surface area contributed by atoms with Crippen molar-refractivity contribution in [2.75, 3.05) is 12.4 Å². The summed E-state index contributed by atoms with van der Waals surface area (Å²) in [5.41, 5.74) is 3.01. The number of thiazole rings is 1. The molecule has 0 spiro atoms. The van der Waals surface area contributed by atoms with Crippen molar-refractivity contribution in [1.29, 1.82) is 0 Å². The highest BCUT2D eigenvalue weighted by Gasteiger charge is 2.23. The van der Waals surface area contributed by atoms with Crippen LogP contribution in [0.4, 0.5) is 5.13 Å².